The van der Waals surface area contributed by atoms with Crippen LogP contribution in [-0.2, 0) is 4.74 Å². The second kappa shape index (κ2) is 5.69. The number of esters is 1. The van der Waals surface area contributed by atoms with Gasteiger partial charge in [-0.1, -0.05) is 18.2 Å². The molecule has 0 aliphatic heterocycles. The molecule has 0 bridgehead atoms. The largest absolute Gasteiger partial charge is 0.465 e. The summed E-state index contributed by atoms with van der Waals surface area (Å²) in [5.41, 5.74) is 1.41. The van der Waals surface area contributed by atoms with Gasteiger partial charge in [0.15, 0.2) is 0 Å². The van der Waals surface area contributed by atoms with E-state index in [0.29, 0.717) is 28.1 Å². The molecule has 1 aromatic heterocycles. The number of ether oxygens (including phenoxy) is 1. The minimum atomic E-state index is -0.427. The smallest absolute Gasteiger partial charge is 0.337 e. The maximum absolute atomic E-state index is 12.0. The van der Waals surface area contributed by atoms with Crippen molar-refractivity contribution in [2.24, 2.45) is 0 Å². The Balaban J connectivity index is 1.96. The summed E-state index contributed by atoms with van der Waals surface area (Å²) in [6.45, 7) is 0. The molecule has 0 aliphatic carbocycles. The lowest BCUT2D eigenvalue weighted by molar-refractivity contribution is 0.0601. The van der Waals surface area contributed by atoms with E-state index < -0.39 is 5.97 Å². The average Bonchev–Trinajstić information content (AvgIpc) is 2.54. The van der Waals surface area contributed by atoms with Crippen molar-refractivity contribution in [3.8, 4) is 0 Å². The molecular formula is C16H13N3O3. The van der Waals surface area contributed by atoms with E-state index in [2.05, 4.69) is 20.0 Å². The van der Waals surface area contributed by atoms with Crippen molar-refractivity contribution in [2.75, 3.05) is 12.4 Å². The monoisotopic (exact) mass is 295 g/mol. The Morgan fingerprint density at radius 2 is 2.00 bits per heavy atom. The van der Waals surface area contributed by atoms with Gasteiger partial charge >= 0.3 is 5.97 Å². The second-order valence-electron chi connectivity index (χ2n) is 4.63. The number of aromatic nitrogens is 2. The zero-order valence-electron chi connectivity index (χ0n) is 11.8. The highest BCUT2D eigenvalue weighted by molar-refractivity contribution is 5.90. The van der Waals surface area contributed by atoms with Crippen molar-refractivity contribution in [3.05, 3.63) is 64.4 Å². The number of rotatable bonds is 3. The summed E-state index contributed by atoms with van der Waals surface area (Å²) in [5, 5.41) is 3.51. The lowest BCUT2D eigenvalue weighted by atomic mass is 10.2. The van der Waals surface area contributed by atoms with Gasteiger partial charge in [-0.2, -0.15) is 0 Å². The van der Waals surface area contributed by atoms with Crippen LogP contribution in [0.2, 0.25) is 0 Å². The van der Waals surface area contributed by atoms with Gasteiger partial charge < -0.3 is 10.1 Å². The quantitative estimate of drug-likeness (QED) is 0.725. The molecule has 0 amide bonds. The summed E-state index contributed by atoms with van der Waals surface area (Å²) in [4.78, 5) is 30.5. The molecule has 6 nitrogen and oxygen atoms in total. The van der Waals surface area contributed by atoms with Crippen LogP contribution in [0.3, 0.4) is 0 Å². The SMILES string of the molecule is COC(=O)c1cccc(Nc2nc3ccccc3c(=O)[nH]2)c1. The molecule has 1 heterocycles. The van der Waals surface area contributed by atoms with Crippen molar-refractivity contribution in [1.29, 1.82) is 0 Å². The van der Waals surface area contributed by atoms with Crippen molar-refractivity contribution in [3.63, 3.8) is 0 Å². The molecule has 3 rings (SSSR count). The molecule has 0 radical (unpaired) electrons. The first kappa shape index (κ1) is 13.8. The predicted molar refractivity (Wildman–Crippen MR) is 83.4 cm³/mol. The number of carbonyl (C=O) groups is 1. The van der Waals surface area contributed by atoms with Crippen LogP contribution in [0.15, 0.2) is 53.3 Å². The summed E-state index contributed by atoms with van der Waals surface area (Å²) in [7, 11) is 1.32. The molecule has 22 heavy (non-hydrogen) atoms. The molecule has 3 aromatic rings. The summed E-state index contributed by atoms with van der Waals surface area (Å²) in [5.74, 6) is -0.116. The molecule has 0 unspecified atom stereocenters. The van der Waals surface area contributed by atoms with Gasteiger partial charge in [-0.3, -0.25) is 9.78 Å². The van der Waals surface area contributed by atoms with Crippen molar-refractivity contribution < 1.29 is 9.53 Å². The van der Waals surface area contributed by atoms with E-state index >= 15 is 0 Å². The summed E-state index contributed by atoms with van der Waals surface area (Å²) < 4.78 is 4.68. The molecule has 2 N–H and O–H groups in total. The zero-order chi connectivity index (χ0) is 15.5. The molecule has 0 aliphatic rings. The van der Waals surface area contributed by atoms with Gasteiger partial charge in [0.2, 0.25) is 5.95 Å². The normalized spacial score (nSPS) is 10.4. The zero-order valence-corrected chi connectivity index (χ0v) is 11.8. The topological polar surface area (TPSA) is 84.1 Å². The van der Waals surface area contributed by atoms with Crippen LogP contribution in [0.25, 0.3) is 10.9 Å². The number of hydrogen-bond donors (Lipinski definition) is 2. The number of methoxy groups -OCH3 is 1. The molecule has 0 spiro atoms. The highest BCUT2D eigenvalue weighted by Crippen LogP contribution is 2.16. The van der Waals surface area contributed by atoms with Gasteiger partial charge in [0, 0.05) is 5.69 Å². The van der Waals surface area contributed by atoms with Crippen molar-refractivity contribution in [1.82, 2.24) is 9.97 Å². The summed E-state index contributed by atoms with van der Waals surface area (Å²) in [6, 6.07) is 13.8. The van der Waals surface area contributed by atoms with Crippen LogP contribution in [0.5, 0.6) is 0 Å². The predicted octanol–water partition coefficient (Wildman–Crippen LogP) is 2.45. The molecule has 110 valence electrons. The molecule has 0 fully saturated rings. The number of aromatic amines is 1. The van der Waals surface area contributed by atoms with Gasteiger partial charge in [0.25, 0.3) is 5.56 Å². The Hall–Kier alpha value is -3.15. The Labute approximate surface area is 125 Å². The van der Waals surface area contributed by atoms with E-state index in [1.807, 2.05) is 6.07 Å². The van der Waals surface area contributed by atoms with Crippen molar-refractivity contribution >= 4 is 28.5 Å². The number of para-hydroxylation sites is 1. The first-order valence-electron chi connectivity index (χ1n) is 6.62. The minimum absolute atomic E-state index is 0.225. The Morgan fingerprint density at radius 1 is 1.18 bits per heavy atom. The van der Waals surface area contributed by atoms with Crippen LogP contribution < -0.4 is 10.9 Å². The van der Waals surface area contributed by atoms with Gasteiger partial charge in [0.1, 0.15) is 0 Å². The van der Waals surface area contributed by atoms with Gasteiger partial charge in [-0.25, -0.2) is 9.78 Å². The molecule has 0 saturated heterocycles. The van der Waals surface area contributed by atoms with E-state index in [0.717, 1.165) is 0 Å². The fraction of sp³-hybridized carbons (Fsp3) is 0.0625. The first-order chi connectivity index (χ1) is 10.7. The van der Waals surface area contributed by atoms with Crippen LogP contribution in [-0.4, -0.2) is 23.0 Å². The fourth-order valence-corrected chi connectivity index (χ4v) is 2.12. The van der Waals surface area contributed by atoms with E-state index in [-0.39, 0.29) is 5.56 Å². The Morgan fingerprint density at radius 3 is 2.82 bits per heavy atom. The summed E-state index contributed by atoms with van der Waals surface area (Å²) in [6.07, 6.45) is 0. The number of fused-ring (bicyclic) bond motifs is 1. The first-order valence-corrected chi connectivity index (χ1v) is 6.62. The number of nitrogens with one attached hydrogen (secondary N) is 2. The van der Waals surface area contributed by atoms with Crippen LogP contribution in [0.4, 0.5) is 11.6 Å². The number of nitrogens with zero attached hydrogens (tertiary/aromatic N) is 1. The maximum atomic E-state index is 12.0. The number of H-pyrrole nitrogens is 1. The maximum Gasteiger partial charge on any atom is 0.337 e. The second-order valence-corrected chi connectivity index (χ2v) is 4.63. The van der Waals surface area contributed by atoms with Crippen LogP contribution in [0, 0.1) is 0 Å². The van der Waals surface area contributed by atoms with Crippen LogP contribution in [0.1, 0.15) is 10.4 Å². The molecule has 6 heteroatoms. The number of carbonyl (C=O) groups excluding carboxylic acids is 1. The van der Waals surface area contributed by atoms with Crippen LogP contribution >= 0.6 is 0 Å². The highest BCUT2D eigenvalue weighted by atomic mass is 16.5. The van der Waals surface area contributed by atoms with E-state index in [9.17, 15) is 9.59 Å². The molecular weight excluding hydrogens is 282 g/mol. The van der Waals surface area contributed by atoms with Gasteiger partial charge in [-0.15, -0.1) is 0 Å². The Kier molecular flexibility index (Phi) is 3.57. The Bertz CT molecular complexity index is 902. The number of hydrogen-bond acceptors (Lipinski definition) is 5. The standard InChI is InChI=1S/C16H13N3O3/c1-22-15(21)10-5-4-6-11(9-10)17-16-18-13-8-3-2-7-12(13)14(20)19-16/h2-9H,1H3,(H2,17,18,19,20). The number of anilines is 2. The van der Waals surface area contributed by atoms with E-state index in [4.69, 9.17) is 0 Å². The van der Waals surface area contributed by atoms with E-state index in [1.54, 1.807) is 42.5 Å². The molecule has 2 aromatic carbocycles. The van der Waals surface area contributed by atoms with Gasteiger partial charge in [0.05, 0.1) is 23.6 Å². The van der Waals surface area contributed by atoms with Gasteiger partial charge in [-0.05, 0) is 30.3 Å². The number of benzene rings is 2. The minimum Gasteiger partial charge on any atom is -0.465 e. The third-order valence-electron chi connectivity index (χ3n) is 3.16. The lowest BCUT2D eigenvalue weighted by Gasteiger charge is -2.07. The highest BCUT2D eigenvalue weighted by Gasteiger charge is 2.07. The average molecular weight is 295 g/mol. The third-order valence-corrected chi connectivity index (χ3v) is 3.16. The molecule has 0 atom stereocenters. The third kappa shape index (κ3) is 2.67. The van der Waals surface area contributed by atoms with Crippen molar-refractivity contribution in [2.45, 2.75) is 0 Å². The molecule has 0 saturated carbocycles. The lowest BCUT2D eigenvalue weighted by Crippen LogP contribution is -2.11. The summed E-state index contributed by atoms with van der Waals surface area (Å²) >= 11 is 0. The van der Waals surface area contributed by atoms with E-state index in [1.165, 1.54) is 7.11 Å². The fourth-order valence-electron chi connectivity index (χ4n) is 2.12.